The van der Waals surface area contributed by atoms with E-state index in [1.54, 1.807) is 7.11 Å². The summed E-state index contributed by atoms with van der Waals surface area (Å²) >= 11 is 0. The lowest BCUT2D eigenvalue weighted by atomic mass is 10.1. The molecule has 8 heteroatoms. The number of hydrogen-bond acceptors (Lipinski definition) is 5. The molecule has 1 atom stereocenters. The highest BCUT2D eigenvalue weighted by Crippen LogP contribution is 2.13. The molecule has 1 aliphatic rings. The molecule has 0 bridgehead atoms. The van der Waals surface area contributed by atoms with Crippen LogP contribution >= 0.6 is 0 Å². The number of guanidine groups is 1. The summed E-state index contributed by atoms with van der Waals surface area (Å²) in [6.07, 6.45) is 4.43. The van der Waals surface area contributed by atoms with Crippen LogP contribution in [0.3, 0.4) is 0 Å². The van der Waals surface area contributed by atoms with Gasteiger partial charge < -0.3 is 20.3 Å². The van der Waals surface area contributed by atoms with Crippen molar-refractivity contribution in [2.75, 3.05) is 40.8 Å². The van der Waals surface area contributed by atoms with Gasteiger partial charge in [-0.2, -0.15) is 5.10 Å². The summed E-state index contributed by atoms with van der Waals surface area (Å²) in [6.45, 7) is 6.54. The van der Waals surface area contributed by atoms with Gasteiger partial charge in [0, 0.05) is 39.7 Å². The summed E-state index contributed by atoms with van der Waals surface area (Å²) in [5, 5.41) is 11.4. The van der Waals surface area contributed by atoms with E-state index in [4.69, 9.17) is 4.74 Å². The molecule has 0 saturated heterocycles. The number of fused-ring (bicyclic) bond motifs is 1. The second kappa shape index (κ2) is 10.4. The molecule has 142 valence electrons. The maximum Gasteiger partial charge on any atom is 0.191 e. The Balaban J connectivity index is 1.76. The normalized spacial score (nSPS) is 17.6. The van der Waals surface area contributed by atoms with Gasteiger partial charge in [-0.1, -0.05) is 13.3 Å². The summed E-state index contributed by atoms with van der Waals surface area (Å²) in [7, 11) is 5.65. The molecule has 0 aromatic carbocycles. The average Bonchev–Trinajstić information content (AvgIpc) is 3.01. The van der Waals surface area contributed by atoms with Gasteiger partial charge in [0.15, 0.2) is 11.8 Å². The average molecular weight is 351 g/mol. The highest BCUT2D eigenvalue weighted by molar-refractivity contribution is 5.79. The minimum Gasteiger partial charge on any atom is -0.377 e. The fourth-order valence-electron chi connectivity index (χ4n) is 2.96. The fourth-order valence-corrected chi connectivity index (χ4v) is 2.96. The predicted octanol–water partition coefficient (Wildman–Crippen LogP) is 0.636. The van der Waals surface area contributed by atoms with Gasteiger partial charge in [0.25, 0.3) is 0 Å². The summed E-state index contributed by atoms with van der Waals surface area (Å²) < 4.78 is 7.10. The van der Waals surface area contributed by atoms with E-state index >= 15 is 0 Å². The Labute approximate surface area is 151 Å². The molecule has 1 aromatic rings. The van der Waals surface area contributed by atoms with E-state index < -0.39 is 0 Å². The van der Waals surface area contributed by atoms with Crippen LogP contribution in [0.2, 0.25) is 0 Å². The van der Waals surface area contributed by atoms with Gasteiger partial charge in [-0.3, -0.25) is 4.99 Å². The number of likely N-dealkylation sites (N-methyl/N-ethyl adjacent to an activating group) is 1. The SMILES string of the molecule is CCCCN(C)CCNC(=NC)NC1CCc2nc(COC)nn2C1. The zero-order chi connectivity index (χ0) is 18.1. The topological polar surface area (TPSA) is 79.6 Å². The van der Waals surface area contributed by atoms with Crippen molar-refractivity contribution in [3.8, 4) is 0 Å². The highest BCUT2D eigenvalue weighted by Gasteiger charge is 2.22. The van der Waals surface area contributed by atoms with Gasteiger partial charge in [0.05, 0.1) is 6.54 Å². The predicted molar refractivity (Wildman–Crippen MR) is 99.7 cm³/mol. The molecule has 0 radical (unpaired) electrons. The lowest BCUT2D eigenvalue weighted by molar-refractivity contribution is 0.177. The molecule has 25 heavy (non-hydrogen) atoms. The van der Waals surface area contributed by atoms with Crippen LogP contribution in [-0.4, -0.2) is 72.5 Å². The Hall–Kier alpha value is -1.67. The number of unbranched alkanes of at least 4 members (excludes halogenated alkanes) is 1. The summed E-state index contributed by atoms with van der Waals surface area (Å²) in [4.78, 5) is 11.2. The van der Waals surface area contributed by atoms with Crippen molar-refractivity contribution in [3.05, 3.63) is 11.6 Å². The Kier molecular flexibility index (Phi) is 8.14. The lowest BCUT2D eigenvalue weighted by Gasteiger charge is -2.25. The number of aliphatic imine (C=N–C) groups is 1. The van der Waals surface area contributed by atoms with E-state index in [0.717, 1.165) is 56.6 Å². The number of nitrogens with one attached hydrogen (secondary N) is 2. The Morgan fingerprint density at radius 2 is 2.28 bits per heavy atom. The van der Waals surface area contributed by atoms with Crippen molar-refractivity contribution >= 4 is 5.96 Å². The third-order valence-electron chi connectivity index (χ3n) is 4.42. The zero-order valence-corrected chi connectivity index (χ0v) is 16.1. The van der Waals surface area contributed by atoms with E-state index in [1.165, 1.54) is 12.8 Å². The molecule has 0 amide bonds. The molecule has 2 heterocycles. The van der Waals surface area contributed by atoms with Gasteiger partial charge in [-0.05, 0) is 26.4 Å². The Morgan fingerprint density at radius 1 is 1.44 bits per heavy atom. The van der Waals surface area contributed by atoms with Crippen molar-refractivity contribution in [2.24, 2.45) is 4.99 Å². The zero-order valence-electron chi connectivity index (χ0n) is 16.1. The Morgan fingerprint density at radius 3 is 3.00 bits per heavy atom. The molecule has 0 spiro atoms. The maximum atomic E-state index is 5.12. The van der Waals surface area contributed by atoms with Crippen molar-refractivity contribution < 1.29 is 4.74 Å². The van der Waals surface area contributed by atoms with E-state index in [1.807, 2.05) is 11.7 Å². The molecule has 8 nitrogen and oxygen atoms in total. The van der Waals surface area contributed by atoms with Crippen molar-refractivity contribution in [3.63, 3.8) is 0 Å². The van der Waals surface area contributed by atoms with Crippen molar-refractivity contribution in [1.29, 1.82) is 0 Å². The van der Waals surface area contributed by atoms with Crippen LogP contribution in [0.5, 0.6) is 0 Å². The molecule has 2 N–H and O–H groups in total. The first kappa shape index (κ1) is 19.7. The third kappa shape index (κ3) is 6.28. The molecule has 1 unspecified atom stereocenters. The molecular weight excluding hydrogens is 318 g/mol. The van der Waals surface area contributed by atoms with Crippen LogP contribution in [0, 0.1) is 0 Å². The number of aryl methyl sites for hydroxylation is 1. The Bertz CT molecular complexity index is 543. The molecule has 0 aliphatic carbocycles. The molecular formula is C17H33N7O. The van der Waals surface area contributed by atoms with E-state index in [-0.39, 0.29) is 0 Å². The number of hydrogen-bond donors (Lipinski definition) is 2. The van der Waals surface area contributed by atoms with Crippen LogP contribution in [0.25, 0.3) is 0 Å². The first-order valence-corrected chi connectivity index (χ1v) is 9.23. The monoisotopic (exact) mass is 351 g/mol. The van der Waals surface area contributed by atoms with Crippen LogP contribution in [0.4, 0.5) is 0 Å². The smallest absolute Gasteiger partial charge is 0.191 e. The number of methoxy groups -OCH3 is 1. The van der Waals surface area contributed by atoms with Gasteiger partial charge in [0.1, 0.15) is 12.4 Å². The van der Waals surface area contributed by atoms with Crippen LogP contribution in [0.15, 0.2) is 4.99 Å². The van der Waals surface area contributed by atoms with Gasteiger partial charge in [-0.15, -0.1) is 0 Å². The van der Waals surface area contributed by atoms with Crippen molar-refractivity contribution in [1.82, 2.24) is 30.3 Å². The molecule has 2 rings (SSSR count). The first-order valence-electron chi connectivity index (χ1n) is 9.23. The third-order valence-corrected chi connectivity index (χ3v) is 4.42. The van der Waals surface area contributed by atoms with Gasteiger partial charge in [-0.25, -0.2) is 9.67 Å². The van der Waals surface area contributed by atoms with Crippen LogP contribution < -0.4 is 10.6 Å². The van der Waals surface area contributed by atoms with Crippen LogP contribution in [0.1, 0.15) is 37.8 Å². The number of rotatable bonds is 9. The highest BCUT2D eigenvalue weighted by atomic mass is 16.5. The molecule has 1 aliphatic heterocycles. The maximum absolute atomic E-state index is 5.12. The van der Waals surface area contributed by atoms with E-state index in [9.17, 15) is 0 Å². The molecule has 1 aromatic heterocycles. The first-order chi connectivity index (χ1) is 12.2. The minimum absolute atomic E-state index is 0.314. The van der Waals surface area contributed by atoms with E-state index in [2.05, 4.69) is 44.6 Å². The lowest BCUT2D eigenvalue weighted by Crippen LogP contribution is -2.48. The number of ether oxygens (including phenoxy) is 1. The number of nitrogens with zero attached hydrogens (tertiary/aromatic N) is 5. The summed E-state index contributed by atoms with van der Waals surface area (Å²) in [5.41, 5.74) is 0. The van der Waals surface area contributed by atoms with Gasteiger partial charge in [0.2, 0.25) is 0 Å². The van der Waals surface area contributed by atoms with Crippen LogP contribution in [-0.2, 0) is 24.3 Å². The quantitative estimate of drug-likeness (QED) is 0.502. The molecule has 0 fully saturated rings. The summed E-state index contributed by atoms with van der Waals surface area (Å²) in [5.74, 6) is 2.66. The molecule has 0 saturated carbocycles. The largest absolute Gasteiger partial charge is 0.377 e. The van der Waals surface area contributed by atoms with Crippen molar-refractivity contribution in [2.45, 2.75) is 51.8 Å². The number of aromatic nitrogens is 3. The standard InChI is InChI=1S/C17H33N7O/c1-5-6-10-23(3)11-9-19-17(18-2)20-14-7-8-16-21-15(13-25-4)22-24(16)12-14/h14H,5-13H2,1-4H3,(H2,18,19,20). The second-order valence-electron chi connectivity index (χ2n) is 6.60. The van der Waals surface area contributed by atoms with E-state index in [0.29, 0.717) is 12.6 Å². The summed E-state index contributed by atoms with van der Waals surface area (Å²) in [6, 6.07) is 0.314. The minimum atomic E-state index is 0.314. The second-order valence-corrected chi connectivity index (χ2v) is 6.60. The fraction of sp³-hybridized carbons (Fsp3) is 0.824. The van der Waals surface area contributed by atoms with Gasteiger partial charge >= 0.3 is 0 Å².